The van der Waals surface area contributed by atoms with Gasteiger partial charge in [-0.2, -0.15) is 0 Å². The van der Waals surface area contributed by atoms with E-state index in [1.807, 2.05) is 6.92 Å². The second kappa shape index (κ2) is 7.37. The van der Waals surface area contributed by atoms with Crippen LogP contribution in [0.2, 0.25) is 0 Å². The molecule has 0 unspecified atom stereocenters. The highest BCUT2D eigenvalue weighted by Gasteiger charge is 2.19. The zero-order valence-electron chi connectivity index (χ0n) is 10.7. The van der Waals surface area contributed by atoms with Crippen molar-refractivity contribution >= 4 is 10.0 Å². The first kappa shape index (κ1) is 15.8. The lowest BCUT2D eigenvalue weighted by Gasteiger charge is -2.14. The normalized spacial score (nSPS) is 12.1. The molecule has 0 aliphatic heterocycles. The van der Waals surface area contributed by atoms with E-state index in [2.05, 4.69) is 24.8 Å². The molecule has 0 saturated heterocycles. The van der Waals surface area contributed by atoms with E-state index in [-0.39, 0.29) is 18.0 Å². The van der Waals surface area contributed by atoms with Crippen LogP contribution in [-0.2, 0) is 10.0 Å². The number of sulfonamides is 1. The van der Waals surface area contributed by atoms with E-state index in [4.69, 9.17) is 11.1 Å². The lowest BCUT2D eigenvalue weighted by molar-refractivity contribution is 0.552. The Kier molecular flexibility index (Phi) is 5.82. The van der Waals surface area contributed by atoms with Gasteiger partial charge in [-0.25, -0.2) is 13.1 Å². The maximum Gasteiger partial charge on any atom is 0.240 e. The summed E-state index contributed by atoms with van der Waals surface area (Å²) in [5, 5.41) is 6.57. The fraction of sp³-hybridized carbons (Fsp3) is 0.400. The summed E-state index contributed by atoms with van der Waals surface area (Å²) in [4.78, 5) is 5.20. The summed E-state index contributed by atoms with van der Waals surface area (Å²) >= 11 is 0. The molecule has 106 valence electrons. The van der Waals surface area contributed by atoms with Crippen LogP contribution in [0.5, 0.6) is 0 Å². The largest absolute Gasteiger partial charge is 0.240 e. The van der Waals surface area contributed by atoms with Gasteiger partial charge < -0.3 is 0 Å². The Hall–Kier alpha value is -2.25. The SMILES string of the molecule is Cc1ccc(S(=O)(=O)NC(CN=[N+]=[N-])CN=[N+]=[N-])cc1. The molecule has 0 saturated carbocycles. The zero-order chi connectivity index (χ0) is 15.0. The number of rotatable bonds is 7. The van der Waals surface area contributed by atoms with Gasteiger partial charge in [0.1, 0.15) is 0 Å². The van der Waals surface area contributed by atoms with Crippen LogP contribution in [0.3, 0.4) is 0 Å². The van der Waals surface area contributed by atoms with Gasteiger partial charge in [0, 0.05) is 29.0 Å². The van der Waals surface area contributed by atoms with Gasteiger partial charge >= 0.3 is 0 Å². The Bertz CT molecular complexity index is 623. The Balaban J connectivity index is 2.92. The van der Waals surface area contributed by atoms with Crippen LogP contribution in [0.25, 0.3) is 20.9 Å². The van der Waals surface area contributed by atoms with E-state index in [0.29, 0.717) is 0 Å². The molecule has 0 aliphatic carbocycles. The molecule has 0 amide bonds. The molecule has 0 fully saturated rings. The van der Waals surface area contributed by atoms with Crippen molar-refractivity contribution in [3.05, 3.63) is 50.7 Å². The fourth-order valence-electron chi connectivity index (χ4n) is 1.41. The third kappa shape index (κ3) is 4.79. The first-order valence-corrected chi connectivity index (χ1v) is 7.08. The molecule has 20 heavy (non-hydrogen) atoms. The predicted molar refractivity (Wildman–Crippen MR) is 73.3 cm³/mol. The highest BCUT2D eigenvalue weighted by Crippen LogP contribution is 2.10. The maximum atomic E-state index is 12.1. The van der Waals surface area contributed by atoms with Crippen molar-refractivity contribution in [2.24, 2.45) is 10.2 Å². The highest BCUT2D eigenvalue weighted by atomic mass is 32.2. The molecule has 0 spiro atoms. The van der Waals surface area contributed by atoms with Crippen LogP contribution < -0.4 is 4.72 Å². The van der Waals surface area contributed by atoms with E-state index < -0.39 is 16.1 Å². The molecule has 9 nitrogen and oxygen atoms in total. The van der Waals surface area contributed by atoms with E-state index in [1.165, 1.54) is 12.1 Å². The van der Waals surface area contributed by atoms with Crippen LogP contribution in [0.15, 0.2) is 39.4 Å². The number of nitrogens with one attached hydrogen (secondary N) is 1. The van der Waals surface area contributed by atoms with E-state index in [0.717, 1.165) is 5.56 Å². The molecule has 0 aliphatic rings. The van der Waals surface area contributed by atoms with Crippen LogP contribution >= 0.6 is 0 Å². The minimum Gasteiger partial charge on any atom is -0.208 e. The van der Waals surface area contributed by atoms with Crippen molar-refractivity contribution in [2.45, 2.75) is 17.9 Å². The molecule has 0 radical (unpaired) electrons. The quantitative estimate of drug-likeness (QED) is 0.467. The first-order valence-electron chi connectivity index (χ1n) is 5.60. The number of aryl methyl sites for hydroxylation is 1. The van der Waals surface area contributed by atoms with E-state index in [1.54, 1.807) is 12.1 Å². The summed E-state index contributed by atoms with van der Waals surface area (Å²) in [7, 11) is -3.75. The van der Waals surface area contributed by atoms with Crippen molar-refractivity contribution in [3.63, 3.8) is 0 Å². The van der Waals surface area contributed by atoms with Gasteiger partial charge in [-0.05, 0) is 30.1 Å². The third-order valence-corrected chi connectivity index (χ3v) is 3.92. The van der Waals surface area contributed by atoms with Crippen LogP contribution in [-0.4, -0.2) is 27.5 Å². The topological polar surface area (TPSA) is 144 Å². The second-order valence-electron chi connectivity index (χ2n) is 3.96. The van der Waals surface area contributed by atoms with Crippen LogP contribution in [0.1, 0.15) is 5.56 Å². The van der Waals surface area contributed by atoms with Crippen molar-refractivity contribution < 1.29 is 8.42 Å². The van der Waals surface area contributed by atoms with Gasteiger partial charge in [0.15, 0.2) is 0 Å². The second-order valence-corrected chi connectivity index (χ2v) is 5.67. The van der Waals surface area contributed by atoms with Crippen LogP contribution in [0.4, 0.5) is 0 Å². The van der Waals surface area contributed by atoms with E-state index in [9.17, 15) is 8.42 Å². The first-order chi connectivity index (χ1) is 9.49. The number of hydrogen-bond donors (Lipinski definition) is 1. The summed E-state index contributed by atoms with van der Waals surface area (Å²) in [6.45, 7) is 1.57. The summed E-state index contributed by atoms with van der Waals surface area (Å²) in [5.74, 6) is 0. The smallest absolute Gasteiger partial charge is 0.208 e. The number of benzene rings is 1. The average molecular weight is 295 g/mol. The molecular formula is C10H13N7O2S. The average Bonchev–Trinajstić information content (AvgIpc) is 2.42. The standard InChI is InChI=1S/C10H13N7O2S/c1-8-2-4-10(5-3-8)20(18,19)15-9(6-13-16-11)7-14-17-12/h2-5,9,15H,6-7H2,1H3. The molecule has 0 bridgehead atoms. The number of azide groups is 2. The van der Waals surface area contributed by atoms with Gasteiger partial charge in [0.2, 0.25) is 10.0 Å². The lowest BCUT2D eigenvalue weighted by Crippen LogP contribution is -2.39. The minimum atomic E-state index is -3.75. The van der Waals surface area contributed by atoms with Gasteiger partial charge in [-0.15, -0.1) is 0 Å². The Morgan fingerprint density at radius 1 is 1.15 bits per heavy atom. The Morgan fingerprint density at radius 3 is 2.10 bits per heavy atom. The maximum absolute atomic E-state index is 12.1. The number of nitrogens with zero attached hydrogens (tertiary/aromatic N) is 6. The molecule has 0 atom stereocenters. The predicted octanol–water partition coefficient (Wildman–Crippen LogP) is 2.26. The van der Waals surface area contributed by atoms with Gasteiger partial charge in [0.25, 0.3) is 0 Å². The third-order valence-electron chi connectivity index (χ3n) is 2.38. The van der Waals surface area contributed by atoms with Gasteiger partial charge in [-0.3, -0.25) is 0 Å². The summed E-state index contributed by atoms with van der Waals surface area (Å²) in [6, 6.07) is 5.49. The zero-order valence-corrected chi connectivity index (χ0v) is 11.5. The monoisotopic (exact) mass is 295 g/mol. The summed E-state index contributed by atoms with van der Waals surface area (Å²) in [6.07, 6.45) is 0. The molecule has 1 aromatic carbocycles. The molecule has 1 N–H and O–H groups in total. The lowest BCUT2D eigenvalue weighted by atomic mass is 10.2. The van der Waals surface area contributed by atoms with Crippen molar-refractivity contribution in [2.75, 3.05) is 13.1 Å². The van der Waals surface area contributed by atoms with Crippen LogP contribution in [0, 0.1) is 6.92 Å². The molecule has 0 heterocycles. The summed E-state index contributed by atoms with van der Waals surface area (Å²) < 4.78 is 26.5. The summed E-state index contributed by atoms with van der Waals surface area (Å²) in [5.41, 5.74) is 17.5. The molecule has 0 aromatic heterocycles. The molecule has 1 rings (SSSR count). The molecule has 10 heteroatoms. The van der Waals surface area contributed by atoms with Crippen molar-refractivity contribution in [1.29, 1.82) is 0 Å². The van der Waals surface area contributed by atoms with Crippen molar-refractivity contribution in [3.8, 4) is 0 Å². The van der Waals surface area contributed by atoms with Gasteiger partial charge in [0.05, 0.1) is 4.90 Å². The highest BCUT2D eigenvalue weighted by molar-refractivity contribution is 7.89. The van der Waals surface area contributed by atoms with Crippen molar-refractivity contribution in [1.82, 2.24) is 4.72 Å². The fourth-order valence-corrected chi connectivity index (χ4v) is 2.63. The Morgan fingerprint density at radius 2 is 1.65 bits per heavy atom. The van der Waals surface area contributed by atoms with E-state index >= 15 is 0 Å². The minimum absolute atomic E-state index is 0.0926. The Labute approximate surface area is 115 Å². The molecule has 1 aromatic rings. The number of hydrogen-bond acceptors (Lipinski definition) is 4. The molecular weight excluding hydrogens is 282 g/mol. The van der Waals surface area contributed by atoms with Gasteiger partial charge in [-0.1, -0.05) is 27.9 Å².